The van der Waals surface area contributed by atoms with Gasteiger partial charge in [-0.2, -0.15) is 11.8 Å². The summed E-state index contributed by atoms with van der Waals surface area (Å²) in [5.74, 6) is 3.23. The molecule has 0 aliphatic carbocycles. The Labute approximate surface area is 127 Å². The van der Waals surface area contributed by atoms with Crippen molar-refractivity contribution in [1.29, 1.82) is 0 Å². The number of carbonyl (C=O) groups excluding carboxylic acids is 1. The molecule has 4 nitrogen and oxygen atoms in total. The van der Waals surface area contributed by atoms with Gasteiger partial charge in [0, 0.05) is 37.9 Å². The second-order valence-corrected chi connectivity index (χ2v) is 7.35. The van der Waals surface area contributed by atoms with E-state index in [9.17, 15) is 4.79 Å². The fourth-order valence-corrected chi connectivity index (χ4v) is 3.99. The molecule has 0 radical (unpaired) electrons. The Morgan fingerprint density at radius 1 is 1.35 bits per heavy atom. The molecule has 116 valence electrons. The van der Waals surface area contributed by atoms with Crippen molar-refractivity contribution in [3.8, 4) is 0 Å². The summed E-state index contributed by atoms with van der Waals surface area (Å²) in [6.07, 6.45) is 3.69. The highest BCUT2D eigenvalue weighted by molar-refractivity contribution is 7.99. The molecule has 2 fully saturated rings. The van der Waals surface area contributed by atoms with E-state index in [2.05, 4.69) is 19.2 Å². The maximum Gasteiger partial charge on any atom is 0.317 e. The van der Waals surface area contributed by atoms with Crippen LogP contribution in [0.25, 0.3) is 0 Å². The van der Waals surface area contributed by atoms with E-state index in [-0.39, 0.29) is 6.03 Å². The van der Waals surface area contributed by atoms with Gasteiger partial charge in [-0.25, -0.2) is 4.79 Å². The monoisotopic (exact) mass is 300 g/mol. The Balaban J connectivity index is 1.79. The van der Waals surface area contributed by atoms with E-state index in [0.29, 0.717) is 17.9 Å². The zero-order valence-electron chi connectivity index (χ0n) is 12.8. The standard InChI is InChI=1S/C15H28N2O2S/c1-12(2)14-13(5-3-8-19-14)11-16-15(18)17-6-4-9-20-10-7-17/h12-14H,3-11H2,1-2H3,(H,16,18)/t13-,14+/m1/s1. The fourth-order valence-electron chi connectivity index (χ4n) is 3.10. The number of ether oxygens (including phenoxy) is 1. The first-order chi connectivity index (χ1) is 9.68. The van der Waals surface area contributed by atoms with E-state index < -0.39 is 0 Å². The summed E-state index contributed by atoms with van der Waals surface area (Å²) in [7, 11) is 0. The van der Waals surface area contributed by atoms with Gasteiger partial charge in [0.1, 0.15) is 0 Å². The lowest BCUT2D eigenvalue weighted by Gasteiger charge is -2.35. The van der Waals surface area contributed by atoms with E-state index in [0.717, 1.165) is 44.8 Å². The van der Waals surface area contributed by atoms with Crippen LogP contribution >= 0.6 is 11.8 Å². The summed E-state index contributed by atoms with van der Waals surface area (Å²) in [5.41, 5.74) is 0. The molecule has 2 atom stereocenters. The zero-order chi connectivity index (χ0) is 14.4. The van der Waals surface area contributed by atoms with Crippen LogP contribution in [0.15, 0.2) is 0 Å². The maximum atomic E-state index is 12.2. The third-order valence-corrected chi connectivity index (χ3v) is 5.22. The number of amides is 2. The Hall–Kier alpha value is -0.420. The minimum absolute atomic E-state index is 0.112. The molecule has 2 rings (SSSR count). The molecular formula is C15H28N2O2S. The van der Waals surface area contributed by atoms with Crippen LogP contribution in [0.4, 0.5) is 4.79 Å². The average molecular weight is 300 g/mol. The van der Waals surface area contributed by atoms with Gasteiger partial charge in [-0.15, -0.1) is 0 Å². The van der Waals surface area contributed by atoms with Gasteiger partial charge in [0.25, 0.3) is 0 Å². The maximum absolute atomic E-state index is 12.2. The number of carbonyl (C=O) groups is 1. The predicted molar refractivity (Wildman–Crippen MR) is 84.2 cm³/mol. The number of nitrogens with one attached hydrogen (secondary N) is 1. The van der Waals surface area contributed by atoms with Crippen LogP contribution in [-0.2, 0) is 4.74 Å². The highest BCUT2D eigenvalue weighted by atomic mass is 32.2. The van der Waals surface area contributed by atoms with E-state index in [1.807, 2.05) is 16.7 Å². The topological polar surface area (TPSA) is 41.6 Å². The quantitative estimate of drug-likeness (QED) is 0.871. The molecule has 1 N–H and O–H groups in total. The molecule has 20 heavy (non-hydrogen) atoms. The van der Waals surface area contributed by atoms with Gasteiger partial charge >= 0.3 is 6.03 Å². The summed E-state index contributed by atoms with van der Waals surface area (Å²) in [4.78, 5) is 14.2. The smallest absolute Gasteiger partial charge is 0.317 e. The first-order valence-electron chi connectivity index (χ1n) is 7.90. The van der Waals surface area contributed by atoms with Crippen molar-refractivity contribution >= 4 is 17.8 Å². The lowest BCUT2D eigenvalue weighted by molar-refractivity contribution is -0.0510. The van der Waals surface area contributed by atoms with Crippen molar-refractivity contribution in [2.75, 3.05) is 37.7 Å². The fraction of sp³-hybridized carbons (Fsp3) is 0.933. The van der Waals surface area contributed by atoms with Gasteiger partial charge in [0.15, 0.2) is 0 Å². The average Bonchev–Trinajstić information content (AvgIpc) is 2.74. The Kier molecular flexibility index (Phi) is 6.49. The van der Waals surface area contributed by atoms with Crippen LogP contribution in [0.3, 0.4) is 0 Å². The van der Waals surface area contributed by atoms with E-state index in [4.69, 9.17) is 4.74 Å². The highest BCUT2D eigenvalue weighted by Crippen LogP contribution is 2.25. The summed E-state index contributed by atoms with van der Waals surface area (Å²) < 4.78 is 5.88. The number of hydrogen-bond donors (Lipinski definition) is 1. The molecular weight excluding hydrogens is 272 g/mol. The van der Waals surface area contributed by atoms with Crippen molar-refractivity contribution in [1.82, 2.24) is 10.2 Å². The number of thioether (sulfide) groups is 1. The Morgan fingerprint density at radius 2 is 2.20 bits per heavy atom. The lowest BCUT2D eigenvalue weighted by atomic mass is 9.87. The van der Waals surface area contributed by atoms with Gasteiger partial charge in [-0.1, -0.05) is 13.8 Å². The van der Waals surface area contributed by atoms with Gasteiger partial charge in [0.05, 0.1) is 6.10 Å². The number of hydrogen-bond acceptors (Lipinski definition) is 3. The number of nitrogens with zero attached hydrogens (tertiary/aromatic N) is 1. The third-order valence-electron chi connectivity index (χ3n) is 4.18. The molecule has 2 aliphatic rings. The molecule has 2 amide bonds. The molecule has 2 saturated heterocycles. The zero-order valence-corrected chi connectivity index (χ0v) is 13.6. The second-order valence-electron chi connectivity index (χ2n) is 6.12. The summed E-state index contributed by atoms with van der Waals surface area (Å²) in [6.45, 7) is 7.81. The molecule has 0 bridgehead atoms. The van der Waals surface area contributed by atoms with Crippen LogP contribution in [0.2, 0.25) is 0 Å². The summed E-state index contributed by atoms with van der Waals surface area (Å²) in [5, 5.41) is 3.13. The largest absolute Gasteiger partial charge is 0.378 e. The lowest BCUT2D eigenvalue weighted by Crippen LogP contribution is -2.46. The van der Waals surface area contributed by atoms with Crippen molar-refractivity contribution in [2.45, 2.75) is 39.2 Å². The second kappa shape index (κ2) is 8.13. The molecule has 0 aromatic heterocycles. The van der Waals surface area contributed by atoms with Gasteiger partial charge < -0.3 is 15.0 Å². The van der Waals surface area contributed by atoms with Crippen LogP contribution in [0, 0.1) is 11.8 Å². The molecule has 0 aromatic rings. The van der Waals surface area contributed by atoms with Gasteiger partial charge in [-0.3, -0.25) is 0 Å². The van der Waals surface area contributed by atoms with Gasteiger partial charge in [-0.05, 0) is 30.9 Å². The Morgan fingerprint density at radius 3 is 3.00 bits per heavy atom. The normalized spacial score (nSPS) is 28.2. The van der Waals surface area contributed by atoms with Crippen molar-refractivity contribution < 1.29 is 9.53 Å². The Bertz CT molecular complexity index is 304. The van der Waals surface area contributed by atoms with Crippen LogP contribution in [0.5, 0.6) is 0 Å². The van der Waals surface area contributed by atoms with E-state index >= 15 is 0 Å². The van der Waals surface area contributed by atoms with E-state index in [1.54, 1.807) is 0 Å². The molecule has 0 spiro atoms. The molecule has 0 aromatic carbocycles. The van der Waals surface area contributed by atoms with E-state index in [1.165, 1.54) is 12.2 Å². The van der Waals surface area contributed by atoms with Crippen LogP contribution in [0.1, 0.15) is 33.1 Å². The molecule has 5 heteroatoms. The minimum Gasteiger partial charge on any atom is -0.378 e. The van der Waals surface area contributed by atoms with Crippen molar-refractivity contribution in [3.05, 3.63) is 0 Å². The first kappa shape index (κ1) is 16.0. The molecule has 2 aliphatic heterocycles. The van der Waals surface area contributed by atoms with Crippen LogP contribution < -0.4 is 5.32 Å². The summed E-state index contributed by atoms with van der Waals surface area (Å²) >= 11 is 1.95. The molecule has 0 saturated carbocycles. The predicted octanol–water partition coefficient (Wildman–Crippen LogP) is 2.59. The molecule has 2 heterocycles. The van der Waals surface area contributed by atoms with Crippen molar-refractivity contribution in [3.63, 3.8) is 0 Å². The highest BCUT2D eigenvalue weighted by Gasteiger charge is 2.29. The third kappa shape index (κ3) is 4.55. The van der Waals surface area contributed by atoms with Gasteiger partial charge in [0.2, 0.25) is 0 Å². The molecule has 0 unspecified atom stereocenters. The van der Waals surface area contributed by atoms with Crippen molar-refractivity contribution in [2.24, 2.45) is 11.8 Å². The first-order valence-corrected chi connectivity index (χ1v) is 9.06. The number of rotatable bonds is 3. The van der Waals surface area contributed by atoms with Crippen LogP contribution in [-0.4, -0.2) is 54.8 Å². The summed E-state index contributed by atoms with van der Waals surface area (Å²) in [6, 6.07) is 0.112. The SMILES string of the molecule is CC(C)[C@@H]1OCCC[C@@H]1CNC(=O)N1CCCSCC1. The minimum atomic E-state index is 0.112. The number of urea groups is 1.